The Morgan fingerprint density at radius 2 is 1.81 bits per heavy atom. The lowest BCUT2D eigenvalue weighted by Gasteiger charge is -2.26. The van der Waals surface area contributed by atoms with Gasteiger partial charge >= 0.3 is 0 Å². The first-order chi connectivity index (χ1) is 12.9. The van der Waals surface area contributed by atoms with E-state index < -0.39 is 0 Å². The van der Waals surface area contributed by atoms with E-state index >= 15 is 0 Å². The first kappa shape index (κ1) is 19.1. The maximum absolute atomic E-state index is 12.3. The fraction of sp³-hybridized carbons (Fsp3) is 0.364. The number of ether oxygens (including phenoxy) is 1. The predicted octanol–water partition coefficient (Wildman–Crippen LogP) is 4.12. The highest BCUT2D eigenvalue weighted by molar-refractivity contribution is 5.77. The van der Waals surface area contributed by atoms with Crippen LogP contribution >= 0.6 is 0 Å². The van der Waals surface area contributed by atoms with E-state index in [4.69, 9.17) is 4.74 Å². The van der Waals surface area contributed by atoms with Crippen LogP contribution in [0.3, 0.4) is 0 Å². The summed E-state index contributed by atoms with van der Waals surface area (Å²) in [5, 5.41) is 0.621. The van der Waals surface area contributed by atoms with Gasteiger partial charge in [0.05, 0.1) is 23.6 Å². The summed E-state index contributed by atoms with van der Waals surface area (Å²) < 4.78 is 5.80. The maximum atomic E-state index is 12.3. The van der Waals surface area contributed by atoms with Gasteiger partial charge in [-0.05, 0) is 57.5 Å². The van der Waals surface area contributed by atoms with Gasteiger partial charge in [0, 0.05) is 12.6 Å². The van der Waals surface area contributed by atoms with Crippen LogP contribution in [-0.2, 0) is 13.1 Å². The summed E-state index contributed by atoms with van der Waals surface area (Å²) in [7, 11) is 0. The van der Waals surface area contributed by atoms with Crippen molar-refractivity contribution in [3.8, 4) is 5.75 Å². The Bertz CT molecular complexity index is 963. The Morgan fingerprint density at radius 3 is 2.56 bits per heavy atom. The van der Waals surface area contributed by atoms with Gasteiger partial charge in [-0.1, -0.05) is 24.3 Å². The number of hydrogen-bond acceptors (Lipinski definition) is 4. The highest BCUT2D eigenvalue weighted by Gasteiger charge is 2.14. The van der Waals surface area contributed by atoms with Crippen molar-refractivity contribution in [2.24, 2.45) is 0 Å². The van der Waals surface area contributed by atoms with Crippen molar-refractivity contribution in [1.29, 1.82) is 0 Å². The molecule has 0 amide bonds. The molecular weight excluding hydrogens is 338 g/mol. The number of rotatable bonds is 7. The number of H-pyrrole nitrogens is 1. The molecule has 0 aliphatic carbocycles. The van der Waals surface area contributed by atoms with Gasteiger partial charge in [0.2, 0.25) is 0 Å². The van der Waals surface area contributed by atoms with Gasteiger partial charge < -0.3 is 9.72 Å². The van der Waals surface area contributed by atoms with Crippen LogP contribution in [0.25, 0.3) is 10.9 Å². The third kappa shape index (κ3) is 4.95. The zero-order valence-corrected chi connectivity index (χ0v) is 16.4. The highest BCUT2D eigenvalue weighted by atomic mass is 16.5. The van der Waals surface area contributed by atoms with Crippen LogP contribution in [0.15, 0.2) is 53.3 Å². The fourth-order valence-corrected chi connectivity index (χ4v) is 3.05. The minimum absolute atomic E-state index is 0.0911. The largest absolute Gasteiger partial charge is 0.491 e. The Balaban J connectivity index is 1.82. The predicted molar refractivity (Wildman–Crippen MR) is 109 cm³/mol. The molecule has 142 valence electrons. The Kier molecular flexibility index (Phi) is 5.91. The Labute approximate surface area is 160 Å². The third-order valence-electron chi connectivity index (χ3n) is 4.40. The van der Waals surface area contributed by atoms with Crippen molar-refractivity contribution in [1.82, 2.24) is 14.9 Å². The molecule has 1 N–H and O–H groups in total. The first-order valence-electron chi connectivity index (χ1n) is 9.40. The molecule has 0 radical (unpaired) electrons. The number of hydrogen-bond donors (Lipinski definition) is 1. The van der Waals surface area contributed by atoms with Crippen molar-refractivity contribution in [2.45, 2.75) is 52.9 Å². The number of nitrogens with zero attached hydrogens (tertiary/aromatic N) is 2. The molecule has 0 fully saturated rings. The molecule has 0 spiro atoms. The molecule has 3 aromatic rings. The average Bonchev–Trinajstić information content (AvgIpc) is 2.61. The molecule has 2 aromatic carbocycles. The lowest BCUT2D eigenvalue weighted by Crippen LogP contribution is -2.31. The van der Waals surface area contributed by atoms with Gasteiger partial charge in [-0.3, -0.25) is 9.69 Å². The lowest BCUT2D eigenvalue weighted by atomic mass is 10.1. The summed E-state index contributed by atoms with van der Waals surface area (Å²) in [6, 6.07) is 15.9. The monoisotopic (exact) mass is 365 g/mol. The van der Waals surface area contributed by atoms with E-state index in [2.05, 4.69) is 40.8 Å². The van der Waals surface area contributed by atoms with Gasteiger partial charge in [0.15, 0.2) is 0 Å². The molecule has 0 aliphatic rings. The minimum atomic E-state index is -0.0911. The summed E-state index contributed by atoms with van der Waals surface area (Å²) in [5.41, 5.74) is 1.81. The van der Waals surface area contributed by atoms with Gasteiger partial charge in [-0.25, -0.2) is 4.98 Å². The van der Waals surface area contributed by atoms with Crippen molar-refractivity contribution in [2.75, 3.05) is 0 Å². The van der Waals surface area contributed by atoms with Crippen LogP contribution in [0, 0.1) is 0 Å². The summed E-state index contributed by atoms with van der Waals surface area (Å²) in [4.78, 5) is 22.2. The summed E-state index contributed by atoms with van der Waals surface area (Å²) in [6.07, 6.45) is 0.147. The van der Waals surface area contributed by atoms with Crippen LogP contribution in [0.4, 0.5) is 0 Å². The molecule has 0 bridgehead atoms. The van der Waals surface area contributed by atoms with E-state index in [1.807, 2.05) is 44.2 Å². The van der Waals surface area contributed by atoms with Crippen LogP contribution in [0.1, 0.15) is 39.1 Å². The number of para-hydroxylation sites is 1. The minimum Gasteiger partial charge on any atom is -0.491 e. The standard InChI is InChI=1S/C22H27N3O2/c1-15(2)25(13-17-8-7-9-18(12-17)27-16(3)4)14-21-23-20-11-6-5-10-19(20)22(26)24-21/h5-12,15-16H,13-14H2,1-4H3,(H,23,24,26). The van der Waals surface area contributed by atoms with Crippen LogP contribution in [0.2, 0.25) is 0 Å². The van der Waals surface area contributed by atoms with E-state index in [0.717, 1.165) is 17.8 Å². The van der Waals surface area contributed by atoms with Crippen LogP contribution in [-0.4, -0.2) is 27.0 Å². The molecule has 0 aliphatic heterocycles. The number of aromatic nitrogens is 2. The van der Waals surface area contributed by atoms with Crippen LogP contribution < -0.4 is 10.3 Å². The second kappa shape index (κ2) is 8.35. The van der Waals surface area contributed by atoms with Gasteiger partial charge in [0.25, 0.3) is 5.56 Å². The smallest absolute Gasteiger partial charge is 0.258 e. The molecule has 0 unspecified atom stereocenters. The molecule has 0 saturated carbocycles. The highest BCUT2D eigenvalue weighted by Crippen LogP contribution is 2.18. The van der Waals surface area contributed by atoms with E-state index in [1.54, 1.807) is 6.07 Å². The van der Waals surface area contributed by atoms with E-state index in [9.17, 15) is 4.79 Å². The molecule has 3 rings (SSSR count). The molecule has 1 aromatic heterocycles. The number of benzene rings is 2. The summed E-state index contributed by atoms with van der Waals surface area (Å²) >= 11 is 0. The number of aromatic amines is 1. The third-order valence-corrected chi connectivity index (χ3v) is 4.40. The average molecular weight is 365 g/mol. The molecule has 1 heterocycles. The Morgan fingerprint density at radius 1 is 1.04 bits per heavy atom. The van der Waals surface area contributed by atoms with Gasteiger partial charge in [-0.15, -0.1) is 0 Å². The zero-order valence-electron chi connectivity index (χ0n) is 16.4. The summed E-state index contributed by atoms with van der Waals surface area (Å²) in [6.45, 7) is 9.67. The number of fused-ring (bicyclic) bond motifs is 1. The molecule has 5 heteroatoms. The second-order valence-electron chi connectivity index (χ2n) is 7.34. The molecule has 5 nitrogen and oxygen atoms in total. The first-order valence-corrected chi connectivity index (χ1v) is 9.40. The topological polar surface area (TPSA) is 58.2 Å². The SMILES string of the molecule is CC(C)Oc1cccc(CN(Cc2nc3ccccc3c(=O)[nH]2)C(C)C)c1. The molecular formula is C22H27N3O2. The zero-order chi connectivity index (χ0) is 19.4. The number of nitrogens with one attached hydrogen (secondary N) is 1. The quantitative estimate of drug-likeness (QED) is 0.684. The van der Waals surface area contributed by atoms with Crippen molar-refractivity contribution in [3.63, 3.8) is 0 Å². The van der Waals surface area contributed by atoms with Crippen LogP contribution in [0.5, 0.6) is 5.75 Å². The fourth-order valence-electron chi connectivity index (χ4n) is 3.05. The summed E-state index contributed by atoms with van der Waals surface area (Å²) in [5.74, 6) is 1.56. The van der Waals surface area contributed by atoms with Crippen molar-refractivity contribution in [3.05, 3.63) is 70.3 Å². The second-order valence-corrected chi connectivity index (χ2v) is 7.34. The van der Waals surface area contributed by atoms with Crippen molar-refractivity contribution < 1.29 is 4.74 Å². The van der Waals surface area contributed by atoms with Gasteiger partial charge in [0.1, 0.15) is 11.6 Å². The van der Waals surface area contributed by atoms with E-state index in [1.165, 1.54) is 5.56 Å². The Hall–Kier alpha value is -2.66. The molecule has 0 atom stereocenters. The molecule has 27 heavy (non-hydrogen) atoms. The van der Waals surface area contributed by atoms with Crippen molar-refractivity contribution >= 4 is 10.9 Å². The van der Waals surface area contributed by atoms with Gasteiger partial charge in [-0.2, -0.15) is 0 Å². The lowest BCUT2D eigenvalue weighted by molar-refractivity contribution is 0.197. The molecule has 0 saturated heterocycles. The maximum Gasteiger partial charge on any atom is 0.258 e. The van der Waals surface area contributed by atoms with E-state index in [0.29, 0.717) is 23.8 Å². The van der Waals surface area contributed by atoms with E-state index in [-0.39, 0.29) is 11.7 Å². The normalized spacial score (nSPS) is 11.7.